The molecular weight excluding hydrogens is 183 g/mol. The second-order valence-electron chi connectivity index (χ2n) is 2.64. The van der Waals surface area contributed by atoms with E-state index in [0.29, 0.717) is 11.1 Å². The first-order valence-electron chi connectivity index (χ1n) is 3.54. The van der Waals surface area contributed by atoms with Gasteiger partial charge in [0.15, 0.2) is 11.6 Å². The van der Waals surface area contributed by atoms with Gasteiger partial charge in [0.1, 0.15) is 5.82 Å². The molecule has 72 valence electrons. The molecule has 0 unspecified atom stereocenters. The Morgan fingerprint density at radius 1 is 1.23 bits per heavy atom. The topological polar surface area (TPSA) is 23.5 Å². The molecule has 1 aromatic rings. The highest BCUT2D eigenvalue weighted by Gasteiger charge is 2.14. The molecule has 0 atom stereocenters. The van der Waals surface area contributed by atoms with E-state index in [-0.39, 0.29) is 0 Å². The van der Waals surface area contributed by atoms with E-state index in [4.69, 9.17) is 5.21 Å². The average molecular weight is 191 g/mol. The van der Waals surface area contributed by atoms with Crippen LogP contribution in [0.25, 0.3) is 0 Å². The van der Waals surface area contributed by atoms with Gasteiger partial charge in [-0.15, -0.1) is 0 Å². The van der Waals surface area contributed by atoms with Crippen LogP contribution in [0.1, 0.15) is 5.56 Å². The number of hydroxylamine groups is 2. The Labute approximate surface area is 73.2 Å². The van der Waals surface area contributed by atoms with Crippen LogP contribution in [-0.4, -0.2) is 17.3 Å². The van der Waals surface area contributed by atoms with Gasteiger partial charge in [-0.2, -0.15) is 5.06 Å². The van der Waals surface area contributed by atoms with Crippen LogP contribution in [0, 0.1) is 17.5 Å². The Morgan fingerprint density at radius 3 is 2.31 bits per heavy atom. The van der Waals surface area contributed by atoms with Crippen molar-refractivity contribution in [1.82, 2.24) is 5.06 Å². The van der Waals surface area contributed by atoms with Crippen molar-refractivity contribution in [3.8, 4) is 0 Å². The molecule has 0 fully saturated rings. The maximum Gasteiger partial charge on any atom is 0.166 e. The molecule has 0 aliphatic carbocycles. The van der Waals surface area contributed by atoms with Crippen LogP contribution in [0.2, 0.25) is 0 Å². The van der Waals surface area contributed by atoms with Gasteiger partial charge >= 0.3 is 0 Å². The highest BCUT2D eigenvalue weighted by atomic mass is 19.2. The van der Waals surface area contributed by atoms with E-state index in [1.165, 1.54) is 7.05 Å². The fourth-order valence-corrected chi connectivity index (χ4v) is 0.943. The molecule has 0 aliphatic rings. The number of benzene rings is 1. The second-order valence-corrected chi connectivity index (χ2v) is 2.64. The normalized spacial score (nSPS) is 10.9. The largest absolute Gasteiger partial charge is 0.314 e. The number of hydrogen-bond donors (Lipinski definition) is 1. The lowest BCUT2D eigenvalue weighted by atomic mass is 10.2. The number of nitrogens with zero attached hydrogens (tertiary/aromatic N) is 1. The van der Waals surface area contributed by atoms with Crippen LogP contribution in [0.3, 0.4) is 0 Å². The van der Waals surface area contributed by atoms with E-state index in [1.54, 1.807) is 0 Å². The molecule has 0 amide bonds. The van der Waals surface area contributed by atoms with Gasteiger partial charge in [-0.25, -0.2) is 13.2 Å². The summed E-state index contributed by atoms with van der Waals surface area (Å²) in [5.74, 6) is -3.26. The molecule has 0 heterocycles. The SMILES string of the molecule is CN(O)Cc1c(F)ccc(F)c1F. The molecule has 5 heteroatoms. The number of hydrogen-bond acceptors (Lipinski definition) is 2. The number of rotatable bonds is 2. The van der Waals surface area contributed by atoms with E-state index in [1.807, 2.05) is 0 Å². The van der Waals surface area contributed by atoms with Gasteiger partial charge < -0.3 is 5.21 Å². The molecule has 1 aromatic carbocycles. The third kappa shape index (κ3) is 2.19. The molecule has 2 nitrogen and oxygen atoms in total. The highest BCUT2D eigenvalue weighted by molar-refractivity contribution is 5.20. The zero-order valence-electron chi connectivity index (χ0n) is 6.89. The van der Waals surface area contributed by atoms with Crippen molar-refractivity contribution in [2.45, 2.75) is 6.54 Å². The van der Waals surface area contributed by atoms with Crippen molar-refractivity contribution >= 4 is 0 Å². The molecule has 1 N–H and O–H groups in total. The molecule has 0 bridgehead atoms. The maximum atomic E-state index is 12.9. The van der Waals surface area contributed by atoms with Crippen molar-refractivity contribution < 1.29 is 18.4 Å². The van der Waals surface area contributed by atoms with Crippen molar-refractivity contribution in [2.24, 2.45) is 0 Å². The van der Waals surface area contributed by atoms with Crippen LogP contribution < -0.4 is 0 Å². The second kappa shape index (κ2) is 3.76. The van der Waals surface area contributed by atoms with Crippen LogP contribution in [-0.2, 0) is 6.54 Å². The minimum Gasteiger partial charge on any atom is -0.314 e. The summed E-state index contributed by atoms with van der Waals surface area (Å²) in [7, 11) is 1.21. The summed E-state index contributed by atoms with van der Waals surface area (Å²) in [6.07, 6.45) is 0. The lowest BCUT2D eigenvalue weighted by Gasteiger charge is -2.09. The molecule has 0 radical (unpaired) electrons. The highest BCUT2D eigenvalue weighted by Crippen LogP contribution is 2.16. The van der Waals surface area contributed by atoms with Crippen molar-refractivity contribution in [3.05, 3.63) is 35.1 Å². The lowest BCUT2D eigenvalue weighted by molar-refractivity contribution is -0.0746. The lowest BCUT2D eigenvalue weighted by Crippen LogP contribution is -2.15. The molecule has 0 saturated carbocycles. The predicted molar refractivity (Wildman–Crippen MR) is 39.6 cm³/mol. The van der Waals surface area contributed by atoms with Gasteiger partial charge in [0.25, 0.3) is 0 Å². The molecule has 0 aliphatic heterocycles. The fourth-order valence-electron chi connectivity index (χ4n) is 0.943. The van der Waals surface area contributed by atoms with Gasteiger partial charge in [0.2, 0.25) is 0 Å². The van der Waals surface area contributed by atoms with Gasteiger partial charge in [-0.05, 0) is 12.1 Å². The summed E-state index contributed by atoms with van der Waals surface area (Å²) in [6.45, 7) is -0.393. The van der Waals surface area contributed by atoms with Gasteiger partial charge in [-0.1, -0.05) is 0 Å². The first-order valence-corrected chi connectivity index (χ1v) is 3.54. The van der Waals surface area contributed by atoms with E-state index in [2.05, 4.69) is 0 Å². The Hall–Kier alpha value is -1.07. The maximum absolute atomic E-state index is 12.9. The Bertz CT molecular complexity index is 315. The average Bonchev–Trinajstić information content (AvgIpc) is 2.05. The van der Waals surface area contributed by atoms with E-state index >= 15 is 0 Å². The summed E-state index contributed by atoms with van der Waals surface area (Å²) in [6, 6.07) is 1.52. The number of halogens is 3. The zero-order chi connectivity index (χ0) is 10.0. The van der Waals surface area contributed by atoms with Crippen LogP contribution in [0.5, 0.6) is 0 Å². The van der Waals surface area contributed by atoms with E-state index in [9.17, 15) is 13.2 Å². The molecule has 0 spiro atoms. The predicted octanol–water partition coefficient (Wildman–Crippen LogP) is 1.92. The van der Waals surface area contributed by atoms with Gasteiger partial charge in [0.05, 0.1) is 6.54 Å². The third-order valence-electron chi connectivity index (χ3n) is 1.53. The van der Waals surface area contributed by atoms with Crippen molar-refractivity contribution in [1.29, 1.82) is 0 Å². The summed E-state index contributed by atoms with van der Waals surface area (Å²) in [5.41, 5.74) is -0.481. The minimum absolute atomic E-state index is 0.393. The smallest absolute Gasteiger partial charge is 0.166 e. The van der Waals surface area contributed by atoms with Crippen LogP contribution >= 0.6 is 0 Å². The Balaban J connectivity index is 3.10. The van der Waals surface area contributed by atoms with E-state index in [0.717, 1.165) is 6.07 Å². The fraction of sp³-hybridized carbons (Fsp3) is 0.250. The summed E-state index contributed by atoms with van der Waals surface area (Å²) < 4.78 is 38.3. The summed E-state index contributed by atoms with van der Waals surface area (Å²) in [5, 5.41) is 9.29. The molecule has 0 aromatic heterocycles. The summed E-state index contributed by atoms with van der Waals surface area (Å²) >= 11 is 0. The standard InChI is InChI=1S/C8H8F3NO/c1-12(13)4-5-6(9)2-3-7(10)8(5)11/h2-3,13H,4H2,1H3. The van der Waals surface area contributed by atoms with Gasteiger partial charge in [0, 0.05) is 12.6 Å². The molecule has 1 rings (SSSR count). The van der Waals surface area contributed by atoms with Crippen molar-refractivity contribution in [2.75, 3.05) is 7.05 Å². The van der Waals surface area contributed by atoms with Crippen molar-refractivity contribution in [3.63, 3.8) is 0 Å². The third-order valence-corrected chi connectivity index (χ3v) is 1.53. The van der Waals surface area contributed by atoms with Crippen LogP contribution in [0.4, 0.5) is 13.2 Å². The first-order chi connectivity index (χ1) is 6.02. The minimum atomic E-state index is -1.26. The summed E-state index contributed by atoms with van der Waals surface area (Å²) in [4.78, 5) is 0. The molecule has 13 heavy (non-hydrogen) atoms. The monoisotopic (exact) mass is 191 g/mol. The van der Waals surface area contributed by atoms with E-state index < -0.39 is 29.6 Å². The Morgan fingerprint density at radius 2 is 1.77 bits per heavy atom. The van der Waals surface area contributed by atoms with Crippen LogP contribution in [0.15, 0.2) is 12.1 Å². The molecule has 0 saturated heterocycles. The zero-order valence-corrected chi connectivity index (χ0v) is 6.89. The van der Waals surface area contributed by atoms with Gasteiger partial charge in [-0.3, -0.25) is 0 Å². The Kier molecular flexibility index (Phi) is 2.90. The first kappa shape index (κ1) is 10.0. The quantitative estimate of drug-likeness (QED) is 0.570. The molecular formula is C8H8F3NO.